The van der Waals surface area contributed by atoms with E-state index in [9.17, 15) is 0 Å². The van der Waals surface area contributed by atoms with Crippen LogP contribution in [0.15, 0.2) is 28.7 Å². The molecule has 0 aliphatic rings. The minimum absolute atomic E-state index is 0.190. The number of rotatable bonds is 2. The average molecular weight is 250 g/mol. The van der Waals surface area contributed by atoms with E-state index < -0.39 is 0 Å². The Morgan fingerprint density at radius 2 is 1.82 bits per heavy atom. The van der Waals surface area contributed by atoms with Crippen molar-refractivity contribution >= 4 is 11.6 Å². The first-order chi connectivity index (χ1) is 7.97. The summed E-state index contributed by atoms with van der Waals surface area (Å²) < 4.78 is 5.50. The van der Waals surface area contributed by atoms with Crippen LogP contribution in [0.4, 0.5) is 0 Å². The first-order valence-electron chi connectivity index (χ1n) is 5.57. The Labute approximate surface area is 106 Å². The zero-order valence-corrected chi connectivity index (χ0v) is 11.0. The maximum Gasteiger partial charge on any atom is 0.106 e. The molecule has 2 nitrogen and oxygen atoms in total. The third-order valence-corrected chi connectivity index (χ3v) is 3.06. The molecule has 0 saturated heterocycles. The summed E-state index contributed by atoms with van der Waals surface area (Å²) >= 11 is 6.05. The van der Waals surface area contributed by atoms with Crippen LogP contribution >= 0.6 is 11.6 Å². The van der Waals surface area contributed by atoms with E-state index in [2.05, 4.69) is 6.07 Å². The van der Waals surface area contributed by atoms with Crippen molar-refractivity contribution in [3.8, 4) is 0 Å². The molecular formula is C14H16ClNO. The number of hydrogen-bond acceptors (Lipinski definition) is 2. The summed E-state index contributed by atoms with van der Waals surface area (Å²) in [6, 6.07) is 7.67. The second-order valence-electron chi connectivity index (χ2n) is 4.41. The van der Waals surface area contributed by atoms with Gasteiger partial charge in [0.15, 0.2) is 0 Å². The van der Waals surface area contributed by atoms with Gasteiger partial charge in [-0.15, -0.1) is 0 Å². The highest BCUT2D eigenvalue weighted by molar-refractivity contribution is 6.30. The maximum atomic E-state index is 6.25. The van der Waals surface area contributed by atoms with Crippen LogP contribution in [0, 0.1) is 20.8 Å². The molecule has 17 heavy (non-hydrogen) atoms. The minimum atomic E-state index is -0.190. The van der Waals surface area contributed by atoms with Gasteiger partial charge >= 0.3 is 0 Å². The molecule has 0 spiro atoms. The Kier molecular flexibility index (Phi) is 3.27. The lowest BCUT2D eigenvalue weighted by atomic mass is 9.98. The van der Waals surface area contributed by atoms with E-state index in [4.69, 9.17) is 21.8 Å². The predicted octanol–water partition coefficient (Wildman–Crippen LogP) is 3.91. The monoisotopic (exact) mass is 249 g/mol. The van der Waals surface area contributed by atoms with Gasteiger partial charge in [0.05, 0.1) is 6.04 Å². The van der Waals surface area contributed by atoms with E-state index in [1.807, 2.05) is 39.0 Å². The fourth-order valence-corrected chi connectivity index (χ4v) is 2.38. The SMILES string of the molecule is Cc1cc(Cl)cc(C(N)c2cc(C)oc2C)c1. The van der Waals surface area contributed by atoms with Crippen LogP contribution in [0.5, 0.6) is 0 Å². The van der Waals surface area contributed by atoms with Crippen LogP contribution in [-0.4, -0.2) is 0 Å². The molecule has 0 fully saturated rings. The molecule has 2 rings (SSSR count). The zero-order chi connectivity index (χ0) is 12.6. The van der Waals surface area contributed by atoms with Crippen molar-refractivity contribution in [2.45, 2.75) is 26.8 Å². The van der Waals surface area contributed by atoms with Crippen molar-refractivity contribution in [3.63, 3.8) is 0 Å². The Morgan fingerprint density at radius 1 is 1.12 bits per heavy atom. The normalized spacial score (nSPS) is 12.8. The second-order valence-corrected chi connectivity index (χ2v) is 4.84. The summed E-state index contributed by atoms with van der Waals surface area (Å²) in [6.45, 7) is 5.86. The van der Waals surface area contributed by atoms with Gasteiger partial charge in [0.2, 0.25) is 0 Å². The fraction of sp³-hybridized carbons (Fsp3) is 0.286. The van der Waals surface area contributed by atoms with Gasteiger partial charge in [0.25, 0.3) is 0 Å². The van der Waals surface area contributed by atoms with Crippen molar-refractivity contribution in [1.29, 1.82) is 0 Å². The van der Waals surface area contributed by atoms with Crippen LogP contribution in [0.3, 0.4) is 0 Å². The number of halogens is 1. The van der Waals surface area contributed by atoms with Crippen LogP contribution in [0.1, 0.15) is 34.3 Å². The highest BCUT2D eigenvalue weighted by Crippen LogP contribution is 2.27. The number of aryl methyl sites for hydroxylation is 3. The molecule has 1 atom stereocenters. The van der Waals surface area contributed by atoms with E-state index in [0.29, 0.717) is 5.02 Å². The van der Waals surface area contributed by atoms with Crippen LogP contribution < -0.4 is 5.73 Å². The number of nitrogens with two attached hydrogens (primary N) is 1. The van der Waals surface area contributed by atoms with Gasteiger partial charge in [-0.25, -0.2) is 0 Å². The molecule has 90 valence electrons. The zero-order valence-electron chi connectivity index (χ0n) is 10.3. The van der Waals surface area contributed by atoms with Crippen LogP contribution in [0.2, 0.25) is 5.02 Å². The lowest BCUT2D eigenvalue weighted by Crippen LogP contribution is -2.12. The molecule has 3 heteroatoms. The topological polar surface area (TPSA) is 39.2 Å². The predicted molar refractivity (Wildman–Crippen MR) is 70.4 cm³/mol. The summed E-state index contributed by atoms with van der Waals surface area (Å²) in [5.74, 6) is 1.75. The number of hydrogen-bond donors (Lipinski definition) is 1. The van der Waals surface area contributed by atoms with Crippen LogP contribution in [-0.2, 0) is 0 Å². The molecule has 0 bridgehead atoms. The van der Waals surface area contributed by atoms with Gasteiger partial charge in [-0.3, -0.25) is 0 Å². The van der Waals surface area contributed by atoms with Gasteiger partial charge in [-0.05, 0) is 50.1 Å². The summed E-state index contributed by atoms with van der Waals surface area (Å²) in [7, 11) is 0. The fourth-order valence-electron chi connectivity index (χ4n) is 2.08. The molecule has 1 aromatic heterocycles. The molecule has 0 amide bonds. The van der Waals surface area contributed by atoms with Gasteiger partial charge in [0, 0.05) is 10.6 Å². The summed E-state index contributed by atoms with van der Waals surface area (Å²) in [4.78, 5) is 0. The molecule has 0 aliphatic heterocycles. The third kappa shape index (κ3) is 2.54. The number of furan rings is 1. The van der Waals surface area contributed by atoms with Crippen molar-refractivity contribution in [2.75, 3.05) is 0 Å². The van der Waals surface area contributed by atoms with Gasteiger partial charge in [-0.2, -0.15) is 0 Å². The summed E-state index contributed by atoms with van der Waals surface area (Å²) in [5.41, 5.74) is 9.39. The molecule has 0 aliphatic carbocycles. The molecule has 2 aromatic rings. The van der Waals surface area contributed by atoms with Crippen molar-refractivity contribution < 1.29 is 4.42 Å². The van der Waals surface area contributed by atoms with Gasteiger partial charge in [-0.1, -0.05) is 17.7 Å². The first kappa shape index (κ1) is 12.2. The quantitative estimate of drug-likeness (QED) is 0.877. The maximum absolute atomic E-state index is 6.25. The van der Waals surface area contributed by atoms with E-state index in [1.165, 1.54) is 0 Å². The lowest BCUT2D eigenvalue weighted by Gasteiger charge is -2.12. The Hall–Kier alpha value is -1.25. The van der Waals surface area contributed by atoms with Crippen molar-refractivity contribution in [1.82, 2.24) is 0 Å². The Balaban J connectivity index is 2.43. The lowest BCUT2D eigenvalue weighted by molar-refractivity contribution is 0.499. The molecule has 0 radical (unpaired) electrons. The Morgan fingerprint density at radius 3 is 2.35 bits per heavy atom. The first-order valence-corrected chi connectivity index (χ1v) is 5.95. The minimum Gasteiger partial charge on any atom is -0.466 e. The van der Waals surface area contributed by atoms with Gasteiger partial charge < -0.3 is 10.2 Å². The van der Waals surface area contributed by atoms with E-state index in [1.54, 1.807) is 0 Å². The van der Waals surface area contributed by atoms with E-state index in [-0.39, 0.29) is 6.04 Å². The highest BCUT2D eigenvalue weighted by atomic mass is 35.5. The average Bonchev–Trinajstić information content (AvgIpc) is 2.55. The Bertz CT molecular complexity index is 525. The second kappa shape index (κ2) is 4.55. The van der Waals surface area contributed by atoms with Gasteiger partial charge in [0.1, 0.15) is 11.5 Å². The molecule has 1 unspecified atom stereocenters. The van der Waals surface area contributed by atoms with E-state index >= 15 is 0 Å². The summed E-state index contributed by atoms with van der Waals surface area (Å²) in [5, 5.41) is 0.716. The molecular weight excluding hydrogens is 234 g/mol. The highest BCUT2D eigenvalue weighted by Gasteiger charge is 2.15. The standard InChI is InChI=1S/C14H16ClNO/c1-8-4-11(7-12(15)5-8)14(16)13-6-9(2)17-10(13)3/h4-7,14H,16H2,1-3H3. The van der Waals surface area contributed by atoms with Crippen LogP contribution in [0.25, 0.3) is 0 Å². The summed E-state index contributed by atoms with van der Waals surface area (Å²) in [6.07, 6.45) is 0. The van der Waals surface area contributed by atoms with Crippen molar-refractivity contribution in [3.05, 3.63) is 57.5 Å². The number of benzene rings is 1. The molecule has 2 N–H and O–H groups in total. The van der Waals surface area contributed by atoms with E-state index in [0.717, 1.165) is 28.2 Å². The smallest absolute Gasteiger partial charge is 0.106 e. The largest absolute Gasteiger partial charge is 0.466 e. The molecule has 1 heterocycles. The molecule has 0 saturated carbocycles. The molecule has 1 aromatic carbocycles. The third-order valence-electron chi connectivity index (χ3n) is 2.84. The van der Waals surface area contributed by atoms with Crippen molar-refractivity contribution in [2.24, 2.45) is 5.73 Å².